The second-order valence-corrected chi connectivity index (χ2v) is 5.73. The van der Waals surface area contributed by atoms with Crippen molar-refractivity contribution in [2.75, 3.05) is 19.8 Å². The molecule has 1 aromatic rings. The molecule has 1 aliphatic rings. The molecule has 0 atom stereocenters. The lowest BCUT2D eigenvalue weighted by molar-refractivity contribution is -0.128. The van der Waals surface area contributed by atoms with Crippen molar-refractivity contribution in [2.24, 2.45) is 5.41 Å². The van der Waals surface area contributed by atoms with Gasteiger partial charge >= 0.3 is 0 Å². The number of carbonyl (C=O) groups excluding carboxylic acids is 1. The van der Waals surface area contributed by atoms with Gasteiger partial charge in [-0.3, -0.25) is 4.79 Å². The second kappa shape index (κ2) is 5.51. The summed E-state index contributed by atoms with van der Waals surface area (Å²) in [5, 5.41) is 2.94. The number of nitrogens with one attached hydrogen (secondary N) is 1. The fraction of sp³-hybridized carbons (Fsp3) is 0.533. The number of fused-ring (bicyclic) bond motifs is 1. The van der Waals surface area contributed by atoms with Crippen LogP contribution in [0.5, 0.6) is 11.5 Å². The van der Waals surface area contributed by atoms with Crippen molar-refractivity contribution in [3.05, 3.63) is 23.8 Å². The Morgan fingerprint density at radius 3 is 2.58 bits per heavy atom. The Bertz CT molecular complexity index is 463. The smallest absolute Gasteiger partial charge is 0.225 e. The molecule has 0 aliphatic carbocycles. The minimum absolute atomic E-state index is 0.0741. The Morgan fingerprint density at radius 2 is 1.89 bits per heavy atom. The van der Waals surface area contributed by atoms with Gasteiger partial charge in [0.15, 0.2) is 11.5 Å². The molecule has 0 unspecified atom stereocenters. The molecule has 0 spiro atoms. The minimum Gasteiger partial charge on any atom is -0.486 e. The van der Waals surface area contributed by atoms with Crippen LogP contribution in [0.2, 0.25) is 0 Å². The van der Waals surface area contributed by atoms with Crippen LogP contribution >= 0.6 is 0 Å². The van der Waals surface area contributed by atoms with Gasteiger partial charge in [-0.05, 0) is 24.1 Å². The maximum atomic E-state index is 11.7. The minimum atomic E-state index is -0.340. The first-order valence-corrected chi connectivity index (χ1v) is 6.63. The quantitative estimate of drug-likeness (QED) is 0.909. The third-order valence-corrected chi connectivity index (χ3v) is 2.99. The highest BCUT2D eigenvalue weighted by molar-refractivity contribution is 5.81. The Hall–Kier alpha value is -1.71. The molecule has 0 saturated heterocycles. The summed E-state index contributed by atoms with van der Waals surface area (Å²) < 4.78 is 11.0. The predicted octanol–water partition coefficient (Wildman–Crippen LogP) is 2.16. The summed E-state index contributed by atoms with van der Waals surface area (Å²) in [6.45, 7) is 7.56. The number of rotatable bonds is 3. The van der Waals surface area contributed by atoms with E-state index in [0.29, 0.717) is 19.8 Å². The number of hydrogen-bond donors (Lipinski definition) is 1. The van der Waals surface area contributed by atoms with E-state index in [2.05, 4.69) is 5.32 Å². The Balaban J connectivity index is 1.88. The van der Waals surface area contributed by atoms with Crippen LogP contribution in [0.15, 0.2) is 18.2 Å². The zero-order valence-electron chi connectivity index (χ0n) is 11.8. The van der Waals surface area contributed by atoms with Gasteiger partial charge < -0.3 is 14.8 Å². The van der Waals surface area contributed by atoms with Gasteiger partial charge in [-0.1, -0.05) is 26.8 Å². The molecule has 0 aromatic heterocycles. The molecule has 0 fully saturated rings. The van der Waals surface area contributed by atoms with Crippen LogP contribution in [-0.4, -0.2) is 25.7 Å². The Labute approximate surface area is 114 Å². The summed E-state index contributed by atoms with van der Waals surface area (Å²) in [7, 11) is 0. The van der Waals surface area contributed by atoms with Crippen LogP contribution in [0.25, 0.3) is 0 Å². The van der Waals surface area contributed by atoms with Crippen molar-refractivity contribution >= 4 is 5.91 Å². The number of benzene rings is 1. The van der Waals surface area contributed by atoms with E-state index < -0.39 is 0 Å². The van der Waals surface area contributed by atoms with E-state index in [1.165, 1.54) is 0 Å². The van der Waals surface area contributed by atoms with E-state index in [4.69, 9.17) is 9.47 Å². The van der Waals surface area contributed by atoms with E-state index in [-0.39, 0.29) is 11.3 Å². The van der Waals surface area contributed by atoms with E-state index >= 15 is 0 Å². The fourth-order valence-electron chi connectivity index (χ4n) is 1.83. The molecule has 1 heterocycles. The summed E-state index contributed by atoms with van der Waals surface area (Å²) >= 11 is 0. The second-order valence-electron chi connectivity index (χ2n) is 5.73. The molecule has 2 rings (SSSR count). The van der Waals surface area contributed by atoms with Crippen molar-refractivity contribution in [3.8, 4) is 11.5 Å². The summed E-state index contributed by atoms with van der Waals surface area (Å²) in [5.74, 6) is 1.67. The molecular weight excluding hydrogens is 242 g/mol. The summed E-state index contributed by atoms with van der Waals surface area (Å²) in [5.41, 5.74) is 0.797. The van der Waals surface area contributed by atoms with Crippen LogP contribution in [0.3, 0.4) is 0 Å². The van der Waals surface area contributed by atoms with Gasteiger partial charge in [0.05, 0.1) is 0 Å². The Morgan fingerprint density at radius 1 is 1.21 bits per heavy atom. The highest BCUT2D eigenvalue weighted by Gasteiger charge is 2.20. The monoisotopic (exact) mass is 263 g/mol. The zero-order valence-corrected chi connectivity index (χ0v) is 11.8. The lowest BCUT2D eigenvalue weighted by atomic mass is 9.95. The normalized spacial score (nSPS) is 14.1. The highest BCUT2D eigenvalue weighted by Crippen LogP contribution is 2.30. The largest absolute Gasteiger partial charge is 0.486 e. The van der Waals surface area contributed by atoms with Crippen molar-refractivity contribution < 1.29 is 14.3 Å². The van der Waals surface area contributed by atoms with Gasteiger partial charge in [-0.2, -0.15) is 0 Å². The van der Waals surface area contributed by atoms with E-state index in [1.807, 2.05) is 39.0 Å². The molecule has 0 bridgehead atoms. The number of ether oxygens (including phenoxy) is 2. The van der Waals surface area contributed by atoms with Crippen LogP contribution in [0, 0.1) is 5.41 Å². The fourth-order valence-corrected chi connectivity index (χ4v) is 1.83. The lowest BCUT2D eigenvalue weighted by Crippen LogP contribution is -2.35. The van der Waals surface area contributed by atoms with Gasteiger partial charge in [0, 0.05) is 12.0 Å². The number of amides is 1. The average Bonchev–Trinajstić information content (AvgIpc) is 2.37. The third kappa shape index (κ3) is 3.63. The molecule has 1 amide bonds. The molecule has 0 radical (unpaired) electrons. The van der Waals surface area contributed by atoms with Gasteiger partial charge in [-0.25, -0.2) is 0 Å². The molecule has 4 heteroatoms. The van der Waals surface area contributed by atoms with Gasteiger partial charge in [0.1, 0.15) is 13.2 Å². The van der Waals surface area contributed by atoms with Crippen molar-refractivity contribution in [1.82, 2.24) is 5.32 Å². The summed E-state index contributed by atoms with van der Waals surface area (Å²) in [4.78, 5) is 11.7. The molecule has 19 heavy (non-hydrogen) atoms. The summed E-state index contributed by atoms with van der Waals surface area (Å²) in [6, 6.07) is 5.92. The van der Waals surface area contributed by atoms with Gasteiger partial charge in [-0.15, -0.1) is 0 Å². The first kappa shape index (κ1) is 13.7. The third-order valence-electron chi connectivity index (χ3n) is 2.99. The Kier molecular flexibility index (Phi) is 3.98. The summed E-state index contributed by atoms with van der Waals surface area (Å²) in [6.07, 6.45) is 0.790. The predicted molar refractivity (Wildman–Crippen MR) is 73.6 cm³/mol. The van der Waals surface area contributed by atoms with Crippen LogP contribution < -0.4 is 14.8 Å². The van der Waals surface area contributed by atoms with Gasteiger partial charge in [0.2, 0.25) is 5.91 Å². The maximum Gasteiger partial charge on any atom is 0.225 e. The lowest BCUT2D eigenvalue weighted by Gasteiger charge is -2.19. The standard InChI is InChI=1S/C15H21NO3/c1-15(2,3)14(17)16-7-6-11-4-5-12-13(10-11)19-9-8-18-12/h4-5,10H,6-9H2,1-3H3,(H,16,17). The SMILES string of the molecule is CC(C)(C)C(=O)NCCc1ccc2c(c1)OCCO2. The molecule has 0 saturated carbocycles. The van der Waals surface area contributed by atoms with Gasteiger partial charge in [0.25, 0.3) is 0 Å². The molecule has 1 N–H and O–H groups in total. The number of carbonyl (C=O) groups is 1. The van der Waals surface area contributed by atoms with E-state index in [9.17, 15) is 4.79 Å². The molecular formula is C15H21NO3. The van der Waals surface area contributed by atoms with E-state index in [0.717, 1.165) is 23.5 Å². The highest BCUT2D eigenvalue weighted by atomic mass is 16.6. The first-order chi connectivity index (χ1) is 8.97. The molecule has 104 valence electrons. The van der Waals surface area contributed by atoms with Crippen LogP contribution in [0.4, 0.5) is 0 Å². The van der Waals surface area contributed by atoms with E-state index in [1.54, 1.807) is 0 Å². The average molecular weight is 263 g/mol. The molecule has 4 nitrogen and oxygen atoms in total. The topological polar surface area (TPSA) is 47.6 Å². The van der Waals surface area contributed by atoms with Crippen LogP contribution in [-0.2, 0) is 11.2 Å². The zero-order chi connectivity index (χ0) is 13.9. The van der Waals surface area contributed by atoms with Crippen molar-refractivity contribution in [2.45, 2.75) is 27.2 Å². The number of hydrogen-bond acceptors (Lipinski definition) is 3. The molecule has 1 aliphatic heterocycles. The first-order valence-electron chi connectivity index (χ1n) is 6.63. The molecule has 1 aromatic carbocycles. The van der Waals surface area contributed by atoms with Crippen LogP contribution in [0.1, 0.15) is 26.3 Å². The van der Waals surface area contributed by atoms with Crippen molar-refractivity contribution in [1.29, 1.82) is 0 Å². The maximum absolute atomic E-state index is 11.7. The van der Waals surface area contributed by atoms with Crippen molar-refractivity contribution in [3.63, 3.8) is 0 Å².